The van der Waals surface area contributed by atoms with E-state index in [4.69, 9.17) is 9.97 Å². The Morgan fingerprint density at radius 3 is 1.68 bits per heavy atom. The van der Waals surface area contributed by atoms with E-state index in [1.54, 1.807) is 0 Å². The zero-order chi connectivity index (χ0) is 35.5. The van der Waals surface area contributed by atoms with E-state index in [1.807, 2.05) is 24.3 Å². The fourth-order valence-corrected chi connectivity index (χ4v) is 8.38. The minimum Gasteiger partial charge on any atom is -0.228 e. The van der Waals surface area contributed by atoms with Gasteiger partial charge < -0.3 is 0 Å². The van der Waals surface area contributed by atoms with Crippen LogP contribution in [0.25, 0.3) is 88.8 Å². The van der Waals surface area contributed by atoms with E-state index in [0.717, 1.165) is 39.3 Å². The normalized spacial score (nSPS) is 12.9. The Balaban J connectivity index is 1.05. The molecule has 0 fully saturated rings. The highest BCUT2D eigenvalue weighted by Crippen LogP contribution is 2.52. The molecule has 0 saturated heterocycles. The zero-order valence-corrected chi connectivity index (χ0v) is 29.7. The van der Waals surface area contributed by atoms with Crippen molar-refractivity contribution in [3.63, 3.8) is 0 Å². The molecular formula is C51H36N2. The maximum atomic E-state index is 5.15. The molecule has 0 unspecified atom stereocenters. The molecule has 1 aliphatic carbocycles. The van der Waals surface area contributed by atoms with Gasteiger partial charge in [0, 0.05) is 22.1 Å². The largest absolute Gasteiger partial charge is 0.228 e. The number of hydrogen-bond donors (Lipinski definition) is 0. The third-order valence-corrected chi connectivity index (χ3v) is 11.1. The molecule has 0 bridgehead atoms. The van der Waals surface area contributed by atoms with Crippen LogP contribution >= 0.6 is 0 Å². The molecule has 9 aromatic rings. The quantitative estimate of drug-likeness (QED) is 0.181. The number of nitrogens with zero attached hydrogens (tertiary/aromatic N) is 2. The average Bonchev–Trinajstić information content (AvgIpc) is 3.46. The smallest absolute Gasteiger partial charge is 0.160 e. The van der Waals surface area contributed by atoms with Crippen molar-refractivity contribution >= 4 is 21.5 Å². The first-order chi connectivity index (χ1) is 26.0. The molecular weight excluding hydrogens is 641 g/mol. The number of rotatable bonds is 5. The summed E-state index contributed by atoms with van der Waals surface area (Å²) in [6.07, 6.45) is 0. The van der Waals surface area contributed by atoms with Crippen LogP contribution in [0.1, 0.15) is 25.0 Å². The summed E-state index contributed by atoms with van der Waals surface area (Å²) in [7, 11) is 0. The highest BCUT2D eigenvalue weighted by molar-refractivity contribution is 6.05. The van der Waals surface area contributed by atoms with Crippen LogP contribution in [0.2, 0.25) is 0 Å². The zero-order valence-electron chi connectivity index (χ0n) is 29.7. The standard InChI is InChI=1S/C51H36N2/c1-51(2)45-29-26-38(31-44(45)49-40-18-10-9-13-34(40)25-30-46(49)51)33-21-23-35(24-22-33)39-27-28-43(42-20-12-11-19-41(39)42)48-32-47(36-14-5-3-6-15-36)52-50(53-48)37-16-7-4-8-17-37/h3-32H,1-2H3. The van der Waals surface area contributed by atoms with Crippen molar-refractivity contribution < 1.29 is 0 Å². The summed E-state index contributed by atoms with van der Waals surface area (Å²) in [5, 5.41) is 4.98. The fourth-order valence-electron chi connectivity index (χ4n) is 8.38. The summed E-state index contributed by atoms with van der Waals surface area (Å²) in [6.45, 7) is 4.71. The third-order valence-electron chi connectivity index (χ3n) is 11.1. The second-order valence-corrected chi connectivity index (χ2v) is 14.6. The Bertz CT molecular complexity index is 2780. The molecule has 0 saturated carbocycles. The van der Waals surface area contributed by atoms with E-state index in [2.05, 4.69) is 172 Å². The van der Waals surface area contributed by atoms with Gasteiger partial charge in [0.2, 0.25) is 0 Å². The van der Waals surface area contributed by atoms with Gasteiger partial charge in [-0.2, -0.15) is 0 Å². The van der Waals surface area contributed by atoms with E-state index in [9.17, 15) is 0 Å². The van der Waals surface area contributed by atoms with Crippen molar-refractivity contribution in [2.75, 3.05) is 0 Å². The lowest BCUT2D eigenvalue weighted by atomic mass is 9.82. The third kappa shape index (κ3) is 5.18. The maximum absolute atomic E-state index is 5.15. The molecule has 0 aliphatic heterocycles. The summed E-state index contributed by atoms with van der Waals surface area (Å²) >= 11 is 0. The van der Waals surface area contributed by atoms with E-state index in [1.165, 1.54) is 60.7 Å². The number of hydrogen-bond acceptors (Lipinski definition) is 2. The summed E-state index contributed by atoms with van der Waals surface area (Å²) in [4.78, 5) is 10.2. The molecule has 53 heavy (non-hydrogen) atoms. The Hall–Kier alpha value is -6.64. The topological polar surface area (TPSA) is 25.8 Å². The molecule has 0 spiro atoms. The highest BCUT2D eigenvalue weighted by Gasteiger charge is 2.36. The Labute approximate surface area is 310 Å². The lowest BCUT2D eigenvalue weighted by Gasteiger charge is -2.21. The van der Waals surface area contributed by atoms with Crippen LogP contribution in [0.4, 0.5) is 0 Å². The van der Waals surface area contributed by atoms with Gasteiger partial charge in [-0.05, 0) is 78.2 Å². The van der Waals surface area contributed by atoms with Crippen molar-refractivity contribution in [2.24, 2.45) is 0 Å². The van der Waals surface area contributed by atoms with Crippen LogP contribution in [0.3, 0.4) is 0 Å². The van der Waals surface area contributed by atoms with Gasteiger partial charge >= 0.3 is 0 Å². The number of benzene rings is 8. The maximum Gasteiger partial charge on any atom is 0.160 e. The van der Waals surface area contributed by atoms with Crippen LogP contribution in [0, 0.1) is 0 Å². The second kappa shape index (κ2) is 12.3. The Kier molecular flexibility index (Phi) is 7.19. The van der Waals surface area contributed by atoms with Gasteiger partial charge in [0.1, 0.15) is 0 Å². The van der Waals surface area contributed by atoms with Crippen molar-refractivity contribution in [1.82, 2.24) is 9.97 Å². The summed E-state index contributed by atoms with van der Waals surface area (Å²) in [6, 6.07) is 65.4. The van der Waals surface area contributed by atoms with Crippen molar-refractivity contribution in [1.29, 1.82) is 0 Å². The van der Waals surface area contributed by atoms with Gasteiger partial charge in [-0.3, -0.25) is 0 Å². The predicted octanol–water partition coefficient (Wildman–Crippen LogP) is 13.4. The molecule has 0 atom stereocenters. The first-order valence-electron chi connectivity index (χ1n) is 18.3. The average molecular weight is 677 g/mol. The van der Waals surface area contributed by atoms with Crippen molar-refractivity contribution in [3.8, 4) is 67.3 Å². The molecule has 0 N–H and O–H groups in total. The molecule has 1 aromatic heterocycles. The van der Waals surface area contributed by atoms with Gasteiger partial charge in [-0.1, -0.05) is 184 Å². The summed E-state index contributed by atoms with van der Waals surface area (Å²) in [5.41, 5.74) is 15.3. The Morgan fingerprint density at radius 1 is 0.358 bits per heavy atom. The molecule has 10 rings (SSSR count). The van der Waals surface area contributed by atoms with Crippen molar-refractivity contribution in [2.45, 2.75) is 19.3 Å². The lowest BCUT2D eigenvalue weighted by molar-refractivity contribution is 0.661. The van der Waals surface area contributed by atoms with Crippen LogP contribution in [0.5, 0.6) is 0 Å². The van der Waals surface area contributed by atoms with E-state index < -0.39 is 0 Å². The molecule has 8 aromatic carbocycles. The molecule has 1 aliphatic rings. The monoisotopic (exact) mass is 676 g/mol. The van der Waals surface area contributed by atoms with Gasteiger partial charge in [-0.25, -0.2) is 9.97 Å². The second-order valence-electron chi connectivity index (χ2n) is 14.6. The van der Waals surface area contributed by atoms with Gasteiger partial charge in [0.15, 0.2) is 5.82 Å². The first-order valence-corrected chi connectivity index (χ1v) is 18.3. The van der Waals surface area contributed by atoms with Crippen LogP contribution in [0.15, 0.2) is 182 Å². The van der Waals surface area contributed by atoms with Crippen LogP contribution in [-0.4, -0.2) is 9.97 Å². The van der Waals surface area contributed by atoms with Gasteiger partial charge in [0.25, 0.3) is 0 Å². The lowest BCUT2D eigenvalue weighted by Crippen LogP contribution is -2.14. The van der Waals surface area contributed by atoms with Gasteiger partial charge in [-0.15, -0.1) is 0 Å². The molecule has 250 valence electrons. The van der Waals surface area contributed by atoms with E-state index in [0.29, 0.717) is 0 Å². The molecule has 2 nitrogen and oxygen atoms in total. The summed E-state index contributed by atoms with van der Waals surface area (Å²) in [5.74, 6) is 0.720. The Morgan fingerprint density at radius 2 is 0.925 bits per heavy atom. The fraction of sp³-hybridized carbons (Fsp3) is 0.0588. The van der Waals surface area contributed by atoms with E-state index >= 15 is 0 Å². The number of aromatic nitrogens is 2. The molecule has 0 radical (unpaired) electrons. The molecule has 2 heteroatoms. The first kappa shape index (κ1) is 31.1. The van der Waals surface area contributed by atoms with Crippen LogP contribution in [-0.2, 0) is 5.41 Å². The van der Waals surface area contributed by atoms with Crippen LogP contribution < -0.4 is 0 Å². The minimum atomic E-state index is -0.0394. The van der Waals surface area contributed by atoms with Gasteiger partial charge in [0.05, 0.1) is 11.4 Å². The minimum absolute atomic E-state index is 0.0394. The van der Waals surface area contributed by atoms with E-state index in [-0.39, 0.29) is 5.41 Å². The predicted molar refractivity (Wildman–Crippen MR) is 222 cm³/mol. The molecule has 0 amide bonds. The number of fused-ring (bicyclic) bond motifs is 6. The van der Waals surface area contributed by atoms with Crippen molar-refractivity contribution in [3.05, 3.63) is 193 Å². The highest BCUT2D eigenvalue weighted by atomic mass is 14.9. The SMILES string of the molecule is CC1(C)c2ccc(-c3ccc(-c4ccc(-c5cc(-c6ccccc6)nc(-c6ccccc6)n5)c5ccccc45)cc3)cc2-c2c1ccc1ccccc21. The molecule has 1 heterocycles. The summed E-state index contributed by atoms with van der Waals surface area (Å²) < 4.78 is 0.